The lowest BCUT2D eigenvalue weighted by Crippen LogP contribution is -2.30. The number of phosphoric acid groups is 2. The van der Waals surface area contributed by atoms with Crippen LogP contribution in [0.3, 0.4) is 0 Å². The third-order valence-electron chi connectivity index (χ3n) is 8.85. The molecule has 5 atom stereocenters. The molecule has 17 heteroatoms. The number of aliphatic hydroxyl groups excluding tert-OH is 3. The maximum atomic E-state index is 12.7. The molecule has 0 saturated heterocycles. The van der Waals surface area contributed by atoms with Crippen LogP contribution in [0.1, 0.15) is 149 Å². The van der Waals surface area contributed by atoms with Crippen LogP contribution in [0, 0.1) is 5.92 Å². The average Bonchev–Trinajstić information content (AvgIpc) is 3.16. The molecule has 0 aliphatic rings. The van der Waals surface area contributed by atoms with Gasteiger partial charge in [-0.05, 0) is 38.0 Å². The molecular formula is C42H76O15P2. The largest absolute Gasteiger partial charge is 0.472 e. The van der Waals surface area contributed by atoms with Crippen molar-refractivity contribution in [2.75, 3.05) is 26.4 Å². The SMILES string of the molecule is CCCCC[C@@H](O)/C=C/C=C\C/C=C\C=C\[C@@H](O)CCCC(=O)O[C@H](COC(=O)CCCCCCCCCCCCC(C)C)COP(=O)(O)OC[C@@H](O)COP(=O)(O)O. The van der Waals surface area contributed by atoms with Gasteiger partial charge in [0.25, 0.3) is 0 Å². The molecule has 0 spiro atoms. The number of esters is 2. The van der Waals surface area contributed by atoms with E-state index in [1.807, 2.05) is 24.3 Å². The first kappa shape index (κ1) is 57.0. The summed E-state index contributed by atoms with van der Waals surface area (Å²) in [6, 6.07) is 0. The highest BCUT2D eigenvalue weighted by molar-refractivity contribution is 7.47. The molecule has 0 aliphatic heterocycles. The van der Waals surface area contributed by atoms with Crippen LogP contribution in [0.4, 0.5) is 0 Å². The number of phosphoric ester groups is 2. The van der Waals surface area contributed by atoms with E-state index in [2.05, 4.69) is 29.8 Å². The Morgan fingerprint density at radius 1 is 0.576 bits per heavy atom. The van der Waals surface area contributed by atoms with Gasteiger partial charge in [0.05, 0.1) is 32.0 Å². The molecule has 0 fully saturated rings. The normalized spacial score (nSPS) is 15.7. The molecular weight excluding hydrogens is 806 g/mol. The highest BCUT2D eigenvalue weighted by Crippen LogP contribution is 2.43. The first-order valence-electron chi connectivity index (χ1n) is 21.4. The van der Waals surface area contributed by atoms with E-state index in [1.165, 1.54) is 38.5 Å². The summed E-state index contributed by atoms with van der Waals surface area (Å²) in [5.74, 6) is -0.502. The minimum atomic E-state index is -4.89. The summed E-state index contributed by atoms with van der Waals surface area (Å²) < 4.78 is 47.5. The Morgan fingerprint density at radius 3 is 1.63 bits per heavy atom. The molecule has 1 unspecified atom stereocenters. The van der Waals surface area contributed by atoms with Crippen molar-refractivity contribution in [1.29, 1.82) is 0 Å². The fraction of sp³-hybridized carbons (Fsp3) is 0.762. The molecule has 0 aliphatic carbocycles. The minimum Gasteiger partial charge on any atom is -0.462 e. The molecule has 0 amide bonds. The van der Waals surface area contributed by atoms with Crippen LogP contribution < -0.4 is 0 Å². The summed E-state index contributed by atoms with van der Waals surface area (Å²) in [6.07, 6.45) is 27.6. The molecule has 0 aromatic rings. The number of hydrogen-bond acceptors (Lipinski definition) is 12. The second-order valence-electron chi connectivity index (χ2n) is 15.1. The predicted molar refractivity (Wildman–Crippen MR) is 228 cm³/mol. The Bertz CT molecular complexity index is 1280. The second-order valence-corrected chi connectivity index (χ2v) is 17.8. The minimum absolute atomic E-state index is 0.117. The van der Waals surface area contributed by atoms with Crippen molar-refractivity contribution in [2.24, 2.45) is 5.92 Å². The van der Waals surface area contributed by atoms with Crippen molar-refractivity contribution in [3.8, 4) is 0 Å². The van der Waals surface area contributed by atoms with E-state index in [0.717, 1.165) is 57.3 Å². The molecule has 0 saturated carbocycles. The summed E-state index contributed by atoms with van der Waals surface area (Å²) in [7, 11) is -9.76. The van der Waals surface area contributed by atoms with Crippen molar-refractivity contribution < 1.29 is 71.8 Å². The first-order chi connectivity index (χ1) is 28.0. The number of ether oxygens (including phenoxy) is 2. The smallest absolute Gasteiger partial charge is 0.462 e. The molecule has 344 valence electrons. The Morgan fingerprint density at radius 2 is 1.07 bits per heavy atom. The predicted octanol–water partition coefficient (Wildman–Crippen LogP) is 8.47. The van der Waals surface area contributed by atoms with E-state index < -0.39 is 78.4 Å². The van der Waals surface area contributed by atoms with Crippen molar-refractivity contribution in [2.45, 2.75) is 174 Å². The number of carbonyl (C=O) groups is 2. The van der Waals surface area contributed by atoms with Gasteiger partial charge in [-0.1, -0.05) is 153 Å². The second kappa shape index (κ2) is 36.6. The lowest BCUT2D eigenvalue weighted by molar-refractivity contribution is -0.161. The lowest BCUT2D eigenvalue weighted by atomic mass is 10.0. The van der Waals surface area contributed by atoms with Gasteiger partial charge >= 0.3 is 27.6 Å². The summed E-state index contributed by atoms with van der Waals surface area (Å²) >= 11 is 0. The molecule has 15 nitrogen and oxygen atoms in total. The maximum Gasteiger partial charge on any atom is 0.472 e. The Balaban J connectivity index is 4.78. The topological polar surface area (TPSA) is 236 Å². The van der Waals surface area contributed by atoms with Gasteiger partial charge in [0.2, 0.25) is 0 Å². The number of allylic oxidation sites excluding steroid dienone is 6. The molecule has 0 rings (SSSR count). The van der Waals surface area contributed by atoms with Gasteiger partial charge in [-0.2, -0.15) is 0 Å². The maximum absolute atomic E-state index is 12.7. The molecule has 59 heavy (non-hydrogen) atoms. The van der Waals surface area contributed by atoms with E-state index in [9.17, 15) is 38.9 Å². The standard InChI is InChI=1S/C42H76O15P2/c1-4-5-19-26-37(43)27-21-16-12-10-13-17-22-28-38(44)29-24-31-42(47)57-40(35-56-59(51,52)55-33-39(45)32-54-58(48,49)50)34-53-41(46)30-23-18-14-9-7-6-8-11-15-20-25-36(2)3/h12-13,16-17,21-22,27-28,36-40,43-45H,4-11,14-15,18-20,23-26,29-35H2,1-3H3,(H,51,52)(H2,48,49,50)/b16-12-,17-13-,27-21+,28-22+/t37-,38-,39+,40-/m1/s1. The number of hydrogen-bond donors (Lipinski definition) is 6. The molecule has 0 bridgehead atoms. The third kappa shape index (κ3) is 41.1. The number of carbonyl (C=O) groups excluding carboxylic acids is 2. The molecule has 0 aromatic heterocycles. The van der Waals surface area contributed by atoms with Crippen LogP contribution in [-0.4, -0.2) is 92.8 Å². The van der Waals surface area contributed by atoms with Crippen LogP contribution in [0.15, 0.2) is 48.6 Å². The summed E-state index contributed by atoms with van der Waals surface area (Å²) in [6.45, 7) is 3.67. The van der Waals surface area contributed by atoms with Gasteiger partial charge in [0.1, 0.15) is 12.7 Å². The molecule has 6 N–H and O–H groups in total. The zero-order chi connectivity index (χ0) is 44.2. The van der Waals surface area contributed by atoms with Crippen LogP contribution in [-0.2, 0) is 41.8 Å². The average molecular weight is 883 g/mol. The van der Waals surface area contributed by atoms with Crippen LogP contribution in [0.25, 0.3) is 0 Å². The highest BCUT2D eigenvalue weighted by atomic mass is 31.2. The molecule has 0 radical (unpaired) electrons. The lowest BCUT2D eigenvalue weighted by Gasteiger charge is -2.20. The molecule has 0 aromatic carbocycles. The Labute approximate surface area is 353 Å². The van der Waals surface area contributed by atoms with Crippen LogP contribution in [0.5, 0.6) is 0 Å². The van der Waals surface area contributed by atoms with E-state index in [1.54, 1.807) is 24.3 Å². The summed E-state index contributed by atoms with van der Waals surface area (Å²) in [4.78, 5) is 52.6. The van der Waals surface area contributed by atoms with E-state index in [0.29, 0.717) is 12.8 Å². The van der Waals surface area contributed by atoms with Gasteiger partial charge in [0, 0.05) is 12.8 Å². The fourth-order valence-corrected chi connectivity index (χ4v) is 6.67. The van der Waals surface area contributed by atoms with Gasteiger partial charge in [-0.3, -0.25) is 23.2 Å². The summed E-state index contributed by atoms with van der Waals surface area (Å²) in [5.41, 5.74) is 0. The molecule has 0 heterocycles. The van der Waals surface area contributed by atoms with E-state index >= 15 is 0 Å². The number of rotatable bonds is 39. The van der Waals surface area contributed by atoms with Gasteiger partial charge in [0.15, 0.2) is 6.10 Å². The highest BCUT2D eigenvalue weighted by Gasteiger charge is 2.28. The number of unbranched alkanes of at least 4 members (excludes halogenated alkanes) is 11. The first-order valence-corrected chi connectivity index (χ1v) is 24.4. The van der Waals surface area contributed by atoms with Crippen molar-refractivity contribution in [3.05, 3.63) is 48.6 Å². The van der Waals surface area contributed by atoms with E-state index in [-0.39, 0.29) is 25.7 Å². The zero-order valence-corrected chi connectivity index (χ0v) is 37.5. The van der Waals surface area contributed by atoms with Crippen LogP contribution >= 0.6 is 15.6 Å². The van der Waals surface area contributed by atoms with Crippen molar-refractivity contribution in [1.82, 2.24) is 0 Å². The Kier molecular flexibility index (Phi) is 35.4. The van der Waals surface area contributed by atoms with E-state index in [4.69, 9.17) is 23.8 Å². The van der Waals surface area contributed by atoms with Crippen molar-refractivity contribution in [3.63, 3.8) is 0 Å². The van der Waals surface area contributed by atoms with Crippen LogP contribution in [0.2, 0.25) is 0 Å². The van der Waals surface area contributed by atoms with Gasteiger partial charge in [-0.25, -0.2) is 9.13 Å². The quantitative estimate of drug-likeness (QED) is 0.0147. The number of aliphatic hydroxyl groups is 3. The zero-order valence-electron chi connectivity index (χ0n) is 35.7. The van der Waals surface area contributed by atoms with Crippen molar-refractivity contribution >= 4 is 27.6 Å². The van der Waals surface area contributed by atoms with Gasteiger partial charge < -0.3 is 39.5 Å². The third-order valence-corrected chi connectivity index (χ3v) is 10.3. The van der Waals surface area contributed by atoms with Gasteiger partial charge in [-0.15, -0.1) is 0 Å². The fourth-order valence-electron chi connectivity index (χ4n) is 5.51. The summed E-state index contributed by atoms with van der Waals surface area (Å²) in [5, 5.41) is 29.9. The Hall–Kier alpha value is -2.00. The monoisotopic (exact) mass is 882 g/mol.